The Hall–Kier alpha value is -0.520. The van der Waals surface area contributed by atoms with Crippen molar-refractivity contribution in [3.05, 3.63) is 23.8 Å². The van der Waals surface area contributed by atoms with Gasteiger partial charge in [-0.2, -0.15) is 0 Å². The normalized spacial score (nSPS) is 38.5. The summed E-state index contributed by atoms with van der Waals surface area (Å²) in [6, 6.07) is 0. The quantitative estimate of drug-likeness (QED) is 0.583. The molecule has 0 N–H and O–H groups in total. The molecule has 3 saturated carbocycles. The maximum Gasteiger partial charge on any atom is -0.0260 e. The van der Waals surface area contributed by atoms with Crippen molar-refractivity contribution in [1.82, 2.24) is 0 Å². The minimum atomic E-state index is 0.646. The molecular weight excluding hydrogens is 180 g/mol. The van der Waals surface area contributed by atoms with Gasteiger partial charge in [0.25, 0.3) is 0 Å². The minimum Gasteiger partial charge on any atom is -0.0998 e. The summed E-state index contributed by atoms with van der Waals surface area (Å²) >= 11 is 0. The largest absolute Gasteiger partial charge is 0.0998 e. The lowest BCUT2D eigenvalue weighted by atomic mass is 9.46. The molecule has 0 aromatic carbocycles. The predicted octanol–water partition coefficient (Wildman–Crippen LogP) is 4.73. The molecule has 0 saturated heterocycles. The molecule has 15 heavy (non-hydrogen) atoms. The van der Waals surface area contributed by atoms with Crippen molar-refractivity contribution in [2.45, 2.75) is 52.9 Å². The molecule has 3 aliphatic rings. The molecular formula is C15H24. The second kappa shape index (κ2) is 3.81. The van der Waals surface area contributed by atoms with Crippen LogP contribution in [-0.2, 0) is 0 Å². The third kappa shape index (κ3) is 1.91. The molecule has 0 radical (unpaired) electrons. The van der Waals surface area contributed by atoms with E-state index in [-0.39, 0.29) is 0 Å². The number of allylic oxidation sites excluding steroid dienone is 3. The van der Waals surface area contributed by atoms with Gasteiger partial charge in [-0.15, -0.1) is 0 Å². The van der Waals surface area contributed by atoms with E-state index in [1.165, 1.54) is 43.3 Å². The van der Waals surface area contributed by atoms with Gasteiger partial charge in [0.15, 0.2) is 0 Å². The average molecular weight is 204 g/mol. The van der Waals surface area contributed by atoms with E-state index in [4.69, 9.17) is 0 Å². The fourth-order valence-electron chi connectivity index (χ4n) is 3.55. The molecule has 0 aliphatic heterocycles. The molecule has 0 amide bonds. The Balaban J connectivity index is 1.92. The Morgan fingerprint density at radius 3 is 2.53 bits per heavy atom. The number of rotatable bonds is 3. The highest BCUT2D eigenvalue weighted by Gasteiger charge is 2.53. The number of hydrogen-bond acceptors (Lipinski definition) is 0. The van der Waals surface area contributed by atoms with Gasteiger partial charge in [-0.1, -0.05) is 30.7 Å². The van der Waals surface area contributed by atoms with E-state index < -0.39 is 0 Å². The highest BCUT2D eigenvalue weighted by Crippen LogP contribution is 2.62. The molecule has 84 valence electrons. The van der Waals surface area contributed by atoms with Gasteiger partial charge in [0, 0.05) is 0 Å². The van der Waals surface area contributed by atoms with Gasteiger partial charge in [0.2, 0.25) is 0 Å². The molecule has 0 heteroatoms. The zero-order chi connectivity index (χ0) is 11.1. The van der Waals surface area contributed by atoms with Crippen LogP contribution in [0, 0.1) is 17.3 Å². The van der Waals surface area contributed by atoms with Gasteiger partial charge in [-0.25, -0.2) is 0 Å². The van der Waals surface area contributed by atoms with Crippen LogP contribution in [0.4, 0.5) is 0 Å². The second-order valence-corrected chi connectivity index (χ2v) is 6.11. The molecule has 2 bridgehead atoms. The molecule has 0 aromatic rings. The minimum absolute atomic E-state index is 0.646. The van der Waals surface area contributed by atoms with Gasteiger partial charge in [0.05, 0.1) is 0 Å². The topological polar surface area (TPSA) is 0 Å². The Kier molecular flexibility index (Phi) is 2.79. The maximum atomic E-state index is 4.16. The lowest BCUT2D eigenvalue weighted by molar-refractivity contribution is -0.0652. The van der Waals surface area contributed by atoms with Crippen LogP contribution in [0.5, 0.6) is 0 Å². The Labute approximate surface area is 94.5 Å². The summed E-state index contributed by atoms with van der Waals surface area (Å²) in [7, 11) is 0. The van der Waals surface area contributed by atoms with E-state index >= 15 is 0 Å². The van der Waals surface area contributed by atoms with Crippen molar-refractivity contribution < 1.29 is 0 Å². The van der Waals surface area contributed by atoms with Crippen molar-refractivity contribution >= 4 is 0 Å². The molecule has 0 spiro atoms. The Morgan fingerprint density at radius 1 is 1.40 bits per heavy atom. The summed E-state index contributed by atoms with van der Waals surface area (Å²) in [6.45, 7) is 11.1. The summed E-state index contributed by atoms with van der Waals surface area (Å²) < 4.78 is 0. The first-order valence-corrected chi connectivity index (χ1v) is 6.32. The van der Waals surface area contributed by atoms with Crippen molar-refractivity contribution in [3.8, 4) is 0 Å². The molecule has 3 rings (SSSR count). The fourth-order valence-corrected chi connectivity index (χ4v) is 3.55. The number of fused-ring (bicyclic) bond motifs is 2. The molecule has 0 heterocycles. The highest BCUT2D eigenvalue weighted by atomic mass is 14.6. The third-order valence-corrected chi connectivity index (χ3v) is 4.74. The SMILES string of the molecule is C=C1CC2CC(C1)C2(C)CCC=C(C)C. The van der Waals surface area contributed by atoms with Gasteiger partial charge in [0.1, 0.15) is 0 Å². The highest BCUT2D eigenvalue weighted by molar-refractivity contribution is 5.16. The lowest BCUT2D eigenvalue weighted by Crippen LogP contribution is -2.50. The lowest BCUT2D eigenvalue weighted by Gasteiger charge is -2.59. The first-order valence-electron chi connectivity index (χ1n) is 6.32. The van der Waals surface area contributed by atoms with Crippen molar-refractivity contribution in [1.29, 1.82) is 0 Å². The van der Waals surface area contributed by atoms with Gasteiger partial charge in [-0.3, -0.25) is 0 Å². The number of hydrogen-bond donors (Lipinski definition) is 0. The summed E-state index contributed by atoms with van der Waals surface area (Å²) in [5.41, 5.74) is 3.62. The van der Waals surface area contributed by atoms with Crippen molar-refractivity contribution in [3.63, 3.8) is 0 Å². The second-order valence-electron chi connectivity index (χ2n) is 6.11. The Bertz CT molecular complexity index is 277. The van der Waals surface area contributed by atoms with Crippen LogP contribution in [0.25, 0.3) is 0 Å². The van der Waals surface area contributed by atoms with Gasteiger partial charge >= 0.3 is 0 Å². The fraction of sp³-hybridized carbons (Fsp3) is 0.733. The summed E-state index contributed by atoms with van der Waals surface area (Å²) in [5, 5.41) is 0. The summed E-state index contributed by atoms with van der Waals surface area (Å²) in [6.07, 6.45) is 9.15. The summed E-state index contributed by atoms with van der Waals surface area (Å²) in [4.78, 5) is 0. The average Bonchev–Trinajstić information content (AvgIpc) is 2.16. The monoisotopic (exact) mass is 204 g/mol. The van der Waals surface area contributed by atoms with Gasteiger partial charge in [-0.05, 0) is 63.2 Å². The molecule has 3 fully saturated rings. The standard InChI is InChI=1S/C15H24/c1-11(2)6-5-7-15(4)13-8-12(3)9-14(15)10-13/h6,13-14H,3,5,7-10H2,1-2,4H3. The van der Waals surface area contributed by atoms with Gasteiger partial charge < -0.3 is 0 Å². The zero-order valence-corrected chi connectivity index (χ0v) is 10.5. The van der Waals surface area contributed by atoms with Crippen LogP contribution < -0.4 is 0 Å². The van der Waals surface area contributed by atoms with Crippen molar-refractivity contribution in [2.75, 3.05) is 0 Å². The maximum absolute atomic E-state index is 4.16. The first kappa shape index (κ1) is 11.0. The van der Waals surface area contributed by atoms with E-state index in [2.05, 4.69) is 33.4 Å². The summed E-state index contributed by atoms with van der Waals surface area (Å²) in [5.74, 6) is 1.91. The predicted molar refractivity (Wildman–Crippen MR) is 66.7 cm³/mol. The van der Waals surface area contributed by atoms with E-state index in [1.807, 2.05) is 0 Å². The van der Waals surface area contributed by atoms with E-state index in [9.17, 15) is 0 Å². The molecule has 2 atom stereocenters. The Morgan fingerprint density at radius 2 is 2.00 bits per heavy atom. The van der Waals surface area contributed by atoms with Crippen LogP contribution in [0.3, 0.4) is 0 Å². The van der Waals surface area contributed by atoms with Crippen LogP contribution in [0.15, 0.2) is 23.8 Å². The molecule has 3 aliphatic carbocycles. The van der Waals surface area contributed by atoms with Crippen LogP contribution in [0.2, 0.25) is 0 Å². The first-order chi connectivity index (χ1) is 7.02. The third-order valence-electron chi connectivity index (χ3n) is 4.74. The van der Waals surface area contributed by atoms with Crippen LogP contribution in [0.1, 0.15) is 52.9 Å². The van der Waals surface area contributed by atoms with E-state index in [0.29, 0.717) is 5.41 Å². The molecule has 2 unspecified atom stereocenters. The zero-order valence-electron chi connectivity index (χ0n) is 10.5. The van der Waals surface area contributed by atoms with E-state index in [0.717, 1.165) is 11.8 Å². The smallest absolute Gasteiger partial charge is 0.0260 e. The van der Waals surface area contributed by atoms with Crippen LogP contribution >= 0.6 is 0 Å². The van der Waals surface area contributed by atoms with Crippen molar-refractivity contribution in [2.24, 2.45) is 17.3 Å². The van der Waals surface area contributed by atoms with E-state index in [1.54, 1.807) is 0 Å². The van der Waals surface area contributed by atoms with Crippen LogP contribution in [-0.4, -0.2) is 0 Å². The molecule has 0 nitrogen and oxygen atoms in total. The molecule has 0 aromatic heterocycles.